The van der Waals surface area contributed by atoms with E-state index in [1.807, 2.05) is 21.1 Å². The first-order chi connectivity index (χ1) is 29.0. The zero-order chi connectivity index (χ0) is 44.3. The van der Waals surface area contributed by atoms with E-state index in [9.17, 15) is 19.4 Å². The lowest BCUT2D eigenvalue weighted by molar-refractivity contribution is -0.870. The molecule has 2 N–H and O–H groups in total. The molecule has 0 aromatic rings. The zero-order valence-corrected chi connectivity index (χ0v) is 41.8. The molecule has 0 aromatic heterocycles. The maximum absolute atomic E-state index is 12.9. The molecule has 0 rings (SSSR count). The predicted molar refractivity (Wildman–Crippen MR) is 256 cm³/mol. The molecule has 3 atom stereocenters. The van der Waals surface area contributed by atoms with Crippen molar-refractivity contribution in [2.45, 2.75) is 283 Å². The number of hydrogen-bond acceptors (Lipinski definition) is 6. The molecule has 0 aromatic carbocycles. The van der Waals surface area contributed by atoms with Crippen LogP contribution in [0, 0.1) is 0 Å². The SMILES string of the molecule is CCCCCCCCCCCCCCCCCCCCCC(=O)NC(COP(=O)([O-])OCC[N+](C)(C)C)C(O)CCCCCCCCCCCCCCCCCCCCC. The fraction of sp³-hybridized carbons (Fsp3) is 0.980. The molecule has 360 valence electrons. The summed E-state index contributed by atoms with van der Waals surface area (Å²) in [6, 6.07) is -0.794. The quantitative estimate of drug-likeness (QED) is 0.0358. The van der Waals surface area contributed by atoms with Gasteiger partial charge in [-0.15, -0.1) is 0 Å². The molecule has 8 nitrogen and oxygen atoms in total. The third kappa shape index (κ3) is 45.5. The minimum Gasteiger partial charge on any atom is -0.756 e. The Bertz CT molecular complexity index is 947. The van der Waals surface area contributed by atoms with E-state index in [4.69, 9.17) is 9.05 Å². The van der Waals surface area contributed by atoms with Gasteiger partial charge in [0.2, 0.25) is 5.91 Å². The summed E-state index contributed by atoms with van der Waals surface area (Å²) in [7, 11) is 1.32. The highest BCUT2D eigenvalue weighted by Gasteiger charge is 2.24. The van der Waals surface area contributed by atoms with Crippen LogP contribution in [0.5, 0.6) is 0 Å². The number of phosphoric acid groups is 1. The molecule has 0 saturated heterocycles. The number of quaternary nitrogens is 1. The Hall–Kier alpha value is -0.500. The van der Waals surface area contributed by atoms with Crippen molar-refractivity contribution >= 4 is 13.7 Å². The number of nitrogens with zero attached hydrogens (tertiary/aromatic N) is 1. The summed E-state index contributed by atoms with van der Waals surface area (Å²) < 4.78 is 23.4. The van der Waals surface area contributed by atoms with Crippen LogP contribution in [0.25, 0.3) is 0 Å². The highest BCUT2D eigenvalue weighted by Crippen LogP contribution is 2.38. The fourth-order valence-electron chi connectivity index (χ4n) is 8.16. The van der Waals surface area contributed by atoms with Gasteiger partial charge in [-0.25, -0.2) is 0 Å². The summed E-state index contributed by atoms with van der Waals surface area (Å²) in [5.74, 6) is -0.158. The Balaban J connectivity index is 4.21. The van der Waals surface area contributed by atoms with Gasteiger partial charge in [0.25, 0.3) is 7.82 Å². The van der Waals surface area contributed by atoms with E-state index < -0.39 is 20.0 Å². The van der Waals surface area contributed by atoms with Crippen LogP contribution in [0.4, 0.5) is 0 Å². The smallest absolute Gasteiger partial charge is 0.268 e. The molecular weight excluding hydrogens is 768 g/mol. The number of phosphoric ester groups is 1. The van der Waals surface area contributed by atoms with Crippen LogP contribution in [-0.4, -0.2) is 68.5 Å². The van der Waals surface area contributed by atoms with E-state index in [0.29, 0.717) is 23.9 Å². The van der Waals surface area contributed by atoms with E-state index in [-0.39, 0.29) is 19.1 Å². The third-order valence-corrected chi connectivity index (χ3v) is 13.3. The molecule has 0 aliphatic carbocycles. The van der Waals surface area contributed by atoms with E-state index >= 15 is 0 Å². The molecule has 9 heteroatoms. The number of aliphatic hydroxyl groups is 1. The topological polar surface area (TPSA) is 108 Å². The number of likely N-dealkylation sites (N-methyl/N-ethyl adjacent to an activating group) is 1. The summed E-state index contributed by atoms with van der Waals surface area (Å²) in [5.41, 5.74) is 0. The maximum atomic E-state index is 12.9. The second-order valence-corrected chi connectivity index (χ2v) is 21.0. The number of amides is 1. The Labute approximate surface area is 374 Å². The van der Waals surface area contributed by atoms with Crippen molar-refractivity contribution in [3.63, 3.8) is 0 Å². The lowest BCUT2D eigenvalue weighted by Crippen LogP contribution is -2.46. The van der Waals surface area contributed by atoms with E-state index in [1.165, 1.54) is 205 Å². The van der Waals surface area contributed by atoms with E-state index in [2.05, 4.69) is 19.2 Å². The fourth-order valence-corrected chi connectivity index (χ4v) is 8.88. The Morgan fingerprint density at radius 1 is 0.517 bits per heavy atom. The monoisotopic (exact) mass is 873 g/mol. The molecule has 0 heterocycles. The van der Waals surface area contributed by atoms with Crippen LogP contribution in [-0.2, 0) is 18.4 Å². The number of hydrogen-bond donors (Lipinski definition) is 2. The van der Waals surface area contributed by atoms with Crippen LogP contribution in [0.3, 0.4) is 0 Å². The lowest BCUT2D eigenvalue weighted by Gasteiger charge is -2.30. The van der Waals surface area contributed by atoms with Crippen molar-refractivity contribution in [1.29, 1.82) is 0 Å². The Morgan fingerprint density at radius 3 is 1.13 bits per heavy atom. The highest BCUT2D eigenvalue weighted by atomic mass is 31.2. The van der Waals surface area contributed by atoms with Gasteiger partial charge >= 0.3 is 0 Å². The van der Waals surface area contributed by atoms with Gasteiger partial charge in [0, 0.05) is 6.42 Å². The number of rotatable bonds is 49. The normalized spacial score (nSPS) is 14.1. The van der Waals surface area contributed by atoms with Crippen molar-refractivity contribution in [2.75, 3.05) is 40.9 Å². The summed E-state index contributed by atoms with van der Waals surface area (Å²) >= 11 is 0. The first kappa shape index (κ1) is 59.5. The van der Waals surface area contributed by atoms with Crippen molar-refractivity contribution in [2.24, 2.45) is 0 Å². The largest absolute Gasteiger partial charge is 0.756 e. The first-order valence-electron chi connectivity index (χ1n) is 26.4. The molecule has 0 radical (unpaired) electrons. The standard InChI is InChI=1S/C51H105N2O6P/c1-6-8-10-12-14-16-18-20-22-24-26-28-30-32-34-36-38-40-42-44-50(54)49(48-59-60(56,57)58-47-46-53(3,4)5)52-51(55)45-43-41-39-37-35-33-31-29-27-25-23-21-19-17-15-13-11-9-7-2/h49-50,54H,6-48H2,1-5H3,(H-,52,55,56,57). The average molecular weight is 873 g/mol. The van der Waals surface area contributed by atoms with Crippen LogP contribution in [0.2, 0.25) is 0 Å². The lowest BCUT2D eigenvalue weighted by atomic mass is 10.0. The molecule has 60 heavy (non-hydrogen) atoms. The van der Waals surface area contributed by atoms with Gasteiger partial charge in [0.1, 0.15) is 13.2 Å². The Kier molecular flexibility index (Phi) is 43.4. The number of nitrogens with one attached hydrogen (secondary N) is 1. The summed E-state index contributed by atoms with van der Waals surface area (Å²) in [4.78, 5) is 25.5. The number of aliphatic hydroxyl groups excluding tert-OH is 1. The second-order valence-electron chi connectivity index (χ2n) is 19.6. The summed E-state index contributed by atoms with van der Waals surface area (Å²) in [6.45, 7) is 4.77. The molecular formula is C51H105N2O6P. The van der Waals surface area contributed by atoms with E-state index in [1.54, 1.807) is 0 Å². The minimum absolute atomic E-state index is 0.0165. The molecule has 0 saturated carbocycles. The van der Waals surface area contributed by atoms with Gasteiger partial charge < -0.3 is 28.8 Å². The van der Waals surface area contributed by atoms with Crippen molar-refractivity contribution in [1.82, 2.24) is 5.32 Å². The van der Waals surface area contributed by atoms with Gasteiger partial charge in [-0.2, -0.15) is 0 Å². The molecule has 0 spiro atoms. The van der Waals surface area contributed by atoms with Crippen molar-refractivity contribution in [3.8, 4) is 0 Å². The van der Waals surface area contributed by atoms with Crippen LogP contribution < -0.4 is 10.2 Å². The number of carbonyl (C=O) groups is 1. The van der Waals surface area contributed by atoms with Gasteiger partial charge in [-0.3, -0.25) is 9.36 Å². The van der Waals surface area contributed by atoms with Gasteiger partial charge in [0.15, 0.2) is 0 Å². The van der Waals surface area contributed by atoms with Crippen molar-refractivity contribution in [3.05, 3.63) is 0 Å². The van der Waals surface area contributed by atoms with Crippen LogP contribution in [0.15, 0.2) is 0 Å². The van der Waals surface area contributed by atoms with E-state index in [0.717, 1.165) is 38.5 Å². The summed E-state index contributed by atoms with van der Waals surface area (Å²) in [6.07, 6.45) is 49.7. The molecule has 0 bridgehead atoms. The van der Waals surface area contributed by atoms with Gasteiger partial charge in [-0.1, -0.05) is 251 Å². The van der Waals surface area contributed by atoms with Crippen molar-refractivity contribution < 1.29 is 32.9 Å². The van der Waals surface area contributed by atoms with Gasteiger partial charge in [-0.05, 0) is 12.8 Å². The minimum atomic E-state index is -4.56. The van der Waals surface area contributed by atoms with Crippen LogP contribution in [0.1, 0.15) is 271 Å². The number of carbonyl (C=O) groups excluding carboxylic acids is 1. The maximum Gasteiger partial charge on any atom is 0.268 e. The number of unbranched alkanes of at least 4 members (excludes halogenated alkanes) is 36. The molecule has 0 aliphatic rings. The Morgan fingerprint density at radius 2 is 0.817 bits per heavy atom. The molecule has 0 aliphatic heterocycles. The second kappa shape index (κ2) is 43.7. The zero-order valence-electron chi connectivity index (χ0n) is 40.9. The average Bonchev–Trinajstić information content (AvgIpc) is 3.20. The third-order valence-electron chi connectivity index (χ3n) is 12.3. The molecule has 3 unspecified atom stereocenters. The highest BCUT2D eigenvalue weighted by molar-refractivity contribution is 7.45. The van der Waals surface area contributed by atoms with Crippen LogP contribution >= 0.6 is 7.82 Å². The molecule has 1 amide bonds. The summed E-state index contributed by atoms with van der Waals surface area (Å²) in [5, 5.41) is 14.0. The predicted octanol–water partition coefficient (Wildman–Crippen LogP) is 14.7. The first-order valence-corrected chi connectivity index (χ1v) is 27.8. The van der Waals surface area contributed by atoms with Gasteiger partial charge in [0.05, 0.1) is 39.9 Å². The molecule has 0 fully saturated rings.